The number of nitrogens with zero attached hydrogens (tertiary/aromatic N) is 1. The van der Waals surface area contributed by atoms with Gasteiger partial charge < -0.3 is 4.90 Å². The maximum absolute atomic E-state index is 12.6. The zero-order valence-corrected chi connectivity index (χ0v) is 16.2. The summed E-state index contributed by atoms with van der Waals surface area (Å²) >= 11 is 0. The van der Waals surface area contributed by atoms with Crippen LogP contribution in [0.1, 0.15) is 51.4 Å². The molecule has 0 unspecified atom stereocenters. The van der Waals surface area contributed by atoms with Gasteiger partial charge in [-0.3, -0.25) is 9.59 Å². The molecule has 120 valence electrons. The molecule has 21 heavy (non-hydrogen) atoms. The van der Waals surface area contributed by atoms with Gasteiger partial charge in [-0.2, -0.15) is 30.3 Å². The van der Waals surface area contributed by atoms with Crippen molar-refractivity contribution in [2.24, 2.45) is 5.41 Å². The maximum Gasteiger partial charge on any atom is 0.228 e. The second-order valence-corrected chi connectivity index (χ2v) is 6.28. The van der Waals surface area contributed by atoms with Crippen LogP contribution in [0.2, 0.25) is 0 Å². The molecule has 3 nitrogen and oxygen atoms in total. The van der Waals surface area contributed by atoms with E-state index in [0.717, 1.165) is 6.42 Å². The van der Waals surface area contributed by atoms with E-state index in [1.807, 2.05) is 20.8 Å². The zero-order chi connectivity index (χ0) is 15.6. The van der Waals surface area contributed by atoms with E-state index in [-0.39, 0.29) is 11.7 Å². The standard InChI is InChI=1S/C17H24NO2.Cf/c1-7-16(2,3)15(20)18(6)17(4,5)14(19)13-11-9-8-10-12-13;/h9-12H,7H2,1-6H3;/q-1;. The molecule has 0 aromatic heterocycles. The van der Waals surface area contributed by atoms with Crippen molar-refractivity contribution in [1.82, 2.24) is 4.90 Å². The van der Waals surface area contributed by atoms with Gasteiger partial charge in [-0.15, -0.1) is 0 Å². The summed E-state index contributed by atoms with van der Waals surface area (Å²) in [6, 6.07) is 9.77. The summed E-state index contributed by atoms with van der Waals surface area (Å²) in [6.07, 6.45) is 0.737. The molecule has 1 amide bonds. The van der Waals surface area contributed by atoms with E-state index in [1.54, 1.807) is 50.1 Å². The molecule has 0 aliphatic heterocycles. The average Bonchev–Trinajstić information content (AvgIpc) is 2.45. The number of carbonyl (C=O) groups is 2. The van der Waals surface area contributed by atoms with Gasteiger partial charge in [-0.1, -0.05) is 26.3 Å². The summed E-state index contributed by atoms with van der Waals surface area (Å²) in [5.41, 5.74) is -0.732. The van der Waals surface area contributed by atoms with Crippen LogP contribution in [0.3, 0.4) is 0 Å². The number of rotatable bonds is 5. The van der Waals surface area contributed by atoms with Crippen LogP contribution < -0.4 is 0 Å². The van der Waals surface area contributed by atoms with Crippen molar-refractivity contribution < 1.29 is 9.59 Å². The van der Waals surface area contributed by atoms with Gasteiger partial charge in [0.05, 0.1) is 5.54 Å². The van der Waals surface area contributed by atoms with Gasteiger partial charge in [0.15, 0.2) is 5.78 Å². The zero-order valence-electron chi connectivity index (χ0n) is 13.6. The van der Waals surface area contributed by atoms with Crippen LogP contribution in [-0.4, -0.2) is 29.2 Å². The first-order valence-corrected chi connectivity index (χ1v) is 6.93. The van der Waals surface area contributed by atoms with Gasteiger partial charge in [0.2, 0.25) is 5.91 Å². The van der Waals surface area contributed by atoms with Gasteiger partial charge in [0, 0.05) is 12.5 Å². The van der Waals surface area contributed by atoms with Crippen molar-refractivity contribution in [3.05, 3.63) is 35.9 Å². The van der Waals surface area contributed by atoms with Crippen molar-refractivity contribution >= 4 is 11.7 Å². The molecular weight excluding hydrogens is 501 g/mol. The summed E-state index contributed by atoms with van der Waals surface area (Å²) in [5, 5.41) is 0. The molecular formula is C17H24CfNO2-. The molecule has 0 radical (unpaired) electrons. The normalized spacial score (nSPS) is 11.5. The predicted octanol–water partition coefficient (Wildman–Crippen LogP) is 3.34. The van der Waals surface area contributed by atoms with Crippen LogP contribution >= 0.6 is 0 Å². The van der Waals surface area contributed by atoms with Gasteiger partial charge in [0.25, 0.3) is 0 Å². The number of Topliss-reactive ketones (excluding diaryl/α,β-unsaturated/α-hetero) is 1. The number of hydrogen-bond donors (Lipinski definition) is 0. The molecule has 1 aromatic rings. The van der Waals surface area contributed by atoms with E-state index in [4.69, 9.17) is 0 Å². The Morgan fingerprint density at radius 2 is 1.62 bits per heavy atom. The number of hydrogen-bond acceptors (Lipinski definition) is 2. The van der Waals surface area contributed by atoms with Crippen molar-refractivity contribution in [3.63, 3.8) is 0 Å². The minimum absolute atomic E-state index is 0. The fraction of sp³-hybridized carbons (Fsp3) is 0.529. The Hall–Kier alpha value is -2.64. The Balaban J connectivity index is 0.00000400. The second kappa shape index (κ2) is 6.21. The third kappa shape index (κ3) is 3.47. The number of likely N-dealkylation sites (N-methyl/N-ethyl adjacent to an activating group) is 1. The molecule has 0 heterocycles. The largest absolute Gasteiger partial charge is 0.333 e. The van der Waals surface area contributed by atoms with Gasteiger partial charge in [-0.05, 0) is 20.3 Å². The number of amides is 1. The molecule has 0 atom stereocenters. The van der Waals surface area contributed by atoms with Crippen LogP contribution in [-0.2, 0) is 4.79 Å². The summed E-state index contributed by atoms with van der Waals surface area (Å²) < 4.78 is 0. The van der Waals surface area contributed by atoms with E-state index >= 15 is 0 Å². The summed E-state index contributed by atoms with van der Waals surface area (Å²) in [7, 11) is 1.70. The number of benzene rings is 1. The van der Waals surface area contributed by atoms with Gasteiger partial charge in [0.1, 0.15) is 0 Å². The van der Waals surface area contributed by atoms with Crippen molar-refractivity contribution in [2.75, 3.05) is 7.05 Å². The number of carbonyl (C=O) groups excluding carboxylic acids is 2. The average molecular weight is 525 g/mol. The second-order valence-electron chi connectivity index (χ2n) is 6.28. The fourth-order valence-corrected chi connectivity index (χ4v) is 1.90. The first kappa shape index (κ1) is 18.4. The molecule has 1 rings (SSSR count). The van der Waals surface area contributed by atoms with E-state index in [1.165, 1.54) is 0 Å². The van der Waals surface area contributed by atoms with E-state index in [0.29, 0.717) is 5.56 Å². The Labute approximate surface area is 122 Å². The first-order chi connectivity index (χ1) is 9.14. The van der Waals surface area contributed by atoms with Crippen molar-refractivity contribution in [2.45, 2.75) is 46.6 Å². The fourth-order valence-electron chi connectivity index (χ4n) is 1.90. The molecule has 0 aliphatic rings. The van der Waals surface area contributed by atoms with E-state index in [9.17, 15) is 9.59 Å². The summed E-state index contributed by atoms with van der Waals surface area (Å²) in [4.78, 5) is 26.7. The SMILES string of the molecule is CCC(C)(C)C(=O)N(C)C(C)(C)C(=O)c1cc[c-]cc1.[Cf]. The van der Waals surface area contributed by atoms with Crippen LogP contribution in [0.25, 0.3) is 0 Å². The van der Waals surface area contributed by atoms with Crippen molar-refractivity contribution in [1.29, 1.82) is 0 Å². The van der Waals surface area contributed by atoms with Crippen LogP contribution in [0, 0.1) is 11.5 Å². The Morgan fingerprint density at radius 1 is 1.14 bits per heavy atom. The molecule has 0 N–H and O–H groups in total. The van der Waals surface area contributed by atoms with Crippen LogP contribution in [0.4, 0.5) is 0 Å². The quantitative estimate of drug-likeness (QED) is 0.437. The summed E-state index contributed by atoms with van der Waals surface area (Å²) in [6.45, 7) is 9.37. The summed E-state index contributed by atoms with van der Waals surface area (Å²) in [5.74, 6) is -0.0740. The third-order valence-corrected chi connectivity index (χ3v) is 4.14. The molecule has 1 aromatic carbocycles. The Kier molecular flexibility index (Phi) is 5.43. The molecule has 0 bridgehead atoms. The minimum atomic E-state index is -0.870. The van der Waals surface area contributed by atoms with Gasteiger partial charge in [-0.25, -0.2) is 0 Å². The Morgan fingerprint density at radius 3 is 2.05 bits per heavy atom. The van der Waals surface area contributed by atoms with E-state index < -0.39 is 11.0 Å². The maximum atomic E-state index is 12.6. The minimum Gasteiger partial charge on any atom is -0.333 e. The smallest absolute Gasteiger partial charge is 0.228 e. The van der Waals surface area contributed by atoms with Gasteiger partial charge >= 0.3 is 0 Å². The number of ketones is 1. The predicted molar refractivity (Wildman–Crippen MR) is 80.5 cm³/mol. The molecule has 4 heteroatoms. The molecule has 0 aliphatic carbocycles. The first-order valence-electron chi connectivity index (χ1n) is 6.93. The van der Waals surface area contributed by atoms with E-state index in [2.05, 4.69) is 6.07 Å². The third-order valence-electron chi connectivity index (χ3n) is 4.14. The molecule has 0 spiro atoms. The van der Waals surface area contributed by atoms with Crippen molar-refractivity contribution in [3.8, 4) is 0 Å². The topological polar surface area (TPSA) is 37.4 Å². The monoisotopic (exact) mass is 523 g/mol. The Bertz CT molecular complexity index is 495. The molecule has 0 saturated carbocycles. The van der Waals surface area contributed by atoms with Crippen LogP contribution in [0.5, 0.6) is 0 Å². The van der Waals surface area contributed by atoms with Crippen LogP contribution in [0.15, 0.2) is 24.3 Å². The molecule has 0 fully saturated rings. The molecule has 0 saturated heterocycles.